The first kappa shape index (κ1) is 18.4. The highest BCUT2D eigenvalue weighted by Crippen LogP contribution is 2.12. The summed E-state index contributed by atoms with van der Waals surface area (Å²) < 4.78 is 49.3. The number of alkyl halides is 2. The average Bonchev–Trinajstić information content (AvgIpc) is 2.28. The van der Waals surface area contributed by atoms with Crippen LogP contribution in [0.25, 0.3) is 0 Å². The Hall–Kier alpha value is -0.650. The molecule has 0 radical (unpaired) electrons. The molecule has 0 saturated carbocycles. The van der Waals surface area contributed by atoms with Gasteiger partial charge in [0, 0.05) is 6.42 Å². The smallest absolute Gasteiger partial charge is 0.305 e. The Morgan fingerprint density at radius 3 is 2.05 bits per heavy atom. The zero-order valence-electron chi connectivity index (χ0n) is 11.5. The van der Waals surface area contributed by atoms with Crippen molar-refractivity contribution in [1.82, 2.24) is 0 Å². The molecule has 0 bridgehead atoms. The number of rotatable bonds is 12. The molecule has 0 heterocycles. The first-order valence-corrected chi connectivity index (χ1v) is 8.55. The molecule has 3 nitrogen and oxygen atoms in total. The van der Waals surface area contributed by atoms with Gasteiger partial charge in [-0.3, -0.25) is 0 Å². The fourth-order valence-corrected chi connectivity index (χ4v) is 1.93. The minimum Gasteiger partial charge on any atom is -0.391 e. The molecule has 0 aromatic carbocycles. The predicted molar refractivity (Wildman–Crippen MR) is 72.6 cm³/mol. The molecule has 0 atom stereocenters. The summed E-state index contributed by atoms with van der Waals surface area (Å²) in [5.74, 6) is 0. The third-order valence-corrected chi connectivity index (χ3v) is 3.08. The van der Waals surface area contributed by atoms with E-state index in [0.29, 0.717) is 6.42 Å². The van der Waals surface area contributed by atoms with Crippen molar-refractivity contribution in [3.63, 3.8) is 0 Å². The Balaban J connectivity index is 3.19. The lowest BCUT2D eigenvalue weighted by Crippen LogP contribution is -1.95. The zero-order valence-corrected chi connectivity index (χ0v) is 12.3. The van der Waals surface area contributed by atoms with Crippen molar-refractivity contribution in [3.05, 3.63) is 12.3 Å². The predicted octanol–water partition coefficient (Wildman–Crippen LogP) is 4.25. The maximum atomic E-state index is 11.8. The van der Waals surface area contributed by atoms with E-state index in [4.69, 9.17) is 0 Å². The Kier molecular flexibility index (Phi) is 10.8. The van der Waals surface area contributed by atoms with Gasteiger partial charge in [0.15, 0.2) is 0 Å². The van der Waals surface area contributed by atoms with E-state index in [1.54, 1.807) is 6.08 Å². The van der Waals surface area contributed by atoms with Crippen molar-refractivity contribution >= 4 is 10.1 Å². The Labute approximate surface area is 115 Å². The van der Waals surface area contributed by atoms with E-state index in [2.05, 4.69) is 4.18 Å². The van der Waals surface area contributed by atoms with Gasteiger partial charge in [0.25, 0.3) is 0 Å². The summed E-state index contributed by atoms with van der Waals surface area (Å²) in [6.45, 7) is 0. The first-order chi connectivity index (χ1) is 8.92. The molecule has 0 aliphatic heterocycles. The second-order valence-corrected chi connectivity index (χ2v) is 6.22. The molecule has 0 amide bonds. The van der Waals surface area contributed by atoms with Crippen LogP contribution in [0.1, 0.15) is 57.8 Å². The minimum absolute atomic E-state index is 0.0190. The molecule has 0 aromatic rings. The van der Waals surface area contributed by atoms with E-state index in [-0.39, 0.29) is 6.42 Å². The van der Waals surface area contributed by atoms with Crippen molar-refractivity contribution in [2.75, 3.05) is 6.26 Å². The van der Waals surface area contributed by atoms with Gasteiger partial charge in [-0.25, -0.2) is 8.78 Å². The van der Waals surface area contributed by atoms with Crippen LogP contribution >= 0.6 is 0 Å². The van der Waals surface area contributed by atoms with Gasteiger partial charge in [0.05, 0.1) is 6.26 Å². The van der Waals surface area contributed by atoms with Crippen LogP contribution in [-0.4, -0.2) is 21.1 Å². The summed E-state index contributed by atoms with van der Waals surface area (Å²) in [5, 5.41) is 0. The van der Waals surface area contributed by atoms with E-state index < -0.39 is 16.5 Å². The Morgan fingerprint density at radius 2 is 1.53 bits per heavy atom. The van der Waals surface area contributed by atoms with Gasteiger partial charge in [-0.15, -0.1) is 0 Å². The number of hydrogen-bond donors (Lipinski definition) is 0. The van der Waals surface area contributed by atoms with Crippen LogP contribution in [-0.2, 0) is 14.3 Å². The number of allylic oxidation sites excluding steroid dienone is 1. The van der Waals surface area contributed by atoms with Crippen LogP contribution in [0.4, 0.5) is 8.78 Å². The molecule has 0 unspecified atom stereocenters. The molecular weight excluding hydrogens is 274 g/mol. The number of unbranched alkanes of at least 4 members (excludes halogenated alkanes) is 7. The average molecular weight is 298 g/mol. The van der Waals surface area contributed by atoms with Gasteiger partial charge in [-0.1, -0.05) is 32.1 Å². The number of halogens is 2. The molecular formula is C13H24F2O3S. The quantitative estimate of drug-likeness (QED) is 0.307. The third kappa shape index (κ3) is 17.4. The van der Waals surface area contributed by atoms with E-state index >= 15 is 0 Å². The molecule has 19 heavy (non-hydrogen) atoms. The lowest BCUT2D eigenvalue weighted by Gasteiger charge is -2.01. The molecule has 0 aliphatic carbocycles. The number of hydrogen-bond acceptors (Lipinski definition) is 3. The molecule has 114 valence electrons. The van der Waals surface area contributed by atoms with Crippen LogP contribution in [0.3, 0.4) is 0 Å². The summed E-state index contributed by atoms with van der Waals surface area (Å²) in [5.41, 5.74) is 0. The standard InChI is InChI=1S/C13H24F2O3S/c1-19(16,17)18-12-10-8-6-4-2-3-5-7-9-11-13(14)15/h10,12-13H,2-9,11H2,1H3. The van der Waals surface area contributed by atoms with Gasteiger partial charge in [-0.2, -0.15) is 8.42 Å². The molecule has 6 heteroatoms. The van der Waals surface area contributed by atoms with Gasteiger partial charge >= 0.3 is 10.1 Å². The highest BCUT2D eigenvalue weighted by atomic mass is 32.2. The Morgan fingerprint density at radius 1 is 1.00 bits per heavy atom. The lowest BCUT2D eigenvalue weighted by molar-refractivity contribution is 0.133. The van der Waals surface area contributed by atoms with Gasteiger partial charge in [0.1, 0.15) is 6.26 Å². The molecule has 0 spiro atoms. The molecule has 0 rings (SSSR count). The lowest BCUT2D eigenvalue weighted by atomic mass is 10.1. The summed E-state index contributed by atoms with van der Waals surface area (Å²) in [6, 6.07) is 0. The van der Waals surface area contributed by atoms with Crippen molar-refractivity contribution in [2.45, 2.75) is 64.2 Å². The van der Waals surface area contributed by atoms with Crippen LogP contribution in [0.5, 0.6) is 0 Å². The summed E-state index contributed by atoms with van der Waals surface area (Å²) in [4.78, 5) is 0. The maximum absolute atomic E-state index is 11.8. The van der Waals surface area contributed by atoms with E-state index in [9.17, 15) is 17.2 Å². The van der Waals surface area contributed by atoms with Crippen LogP contribution in [0.15, 0.2) is 12.3 Å². The van der Waals surface area contributed by atoms with Gasteiger partial charge < -0.3 is 4.18 Å². The maximum Gasteiger partial charge on any atom is 0.305 e. The highest BCUT2D eigenvalue weighted by Gasteiger charge is 2.00. The van der Waals surface area contributed by atoms with Crippen LogP contribution in [0.2, 0.25) is 0 Å². The van der Waals surface area contributed by atoms with Crippen molar-refractivity contribution in [1.29, 1.82) is 0 Å². The fraction of sp³-hybridized carbons (Fsp3) is 0.846. The SMILES string of the molecule is CS(=O)(=O)OC=CCCCCCCCCCC(F)F. The highest BCUT2D eigenvalue weighted by molar-refractivity contribution is 7.86. The van der Waals surface area contributed by atoms with E-state index in [1.165, 1.54) is 6.26 Å². The molecule has 0 saturated heterocycles. The Bertz CT molecular complexity index is 327. The first-order valence-electron chi connectivity index (χ1n) is 6.73. The zero-order chi connectivity index (χ0) is 14.6. The summed E-state index contributed by atoms with van der Waals surface area (Å²) in [7, 11) is -3.38. The second kappa shape index (κ2) is 11.2. The topological polar surface area (TPSA) is 43.4 Å². The van der Waals surface area contributed by atoms with Crippen molar-refractivity contribution < 1.29 is 21.4 Å². The molecule has 0 aliphatic rings. The third-order valence-electron chi connectivity index (χ3n) is 2.62. The van der Waals surface area contributed by atoms with E-state index in [1.807, 2.05) is 0 Å². The van der Waals surface area contributed by atoms with Gasteiger partial charge in [-0.05, 0) is 25.3 Å². The molecule has 0 fully saturated rings. The summed E-state index contributed by atoms with van der Waals surface area (Å²) in [6.07, 6.45) is 9.29. The van der Waals surface area contributed by atoms with Crippen molar-refractivity contribution in [2.24, 2.45) is 0 Å². The normalized spacial score (nSPS) is 12.4. The summed E-state index contributed by atoms with van der Waals surface area (Å²) >= 11 is 0. The molecule has 0 aromatic heterocycles. The van der Waals surface area contributed by atoms with Crippen molar-refractivity contribution in [3.8, 4) is 0 Å². The monoisotopic (exact) mass is 298 g/mol. The second-order valence-electron chi connectivity index (χ2n) is 4.62. The largest absolute Gasteiger partial charge is 0.391 e. The van der Waals surface area contributed by atoms with Crippen LogP contribution in [0, 0.1) is 0 Å². The fourth-order valence-electron chi connectivity index (χ4n) is 1.65. The minimum atomic E-state index is -3.38. The van der Waals surface area contributed by atoms with E-state index in [0.717, 1.165) is 51.2 Å². The van der Waals surface area contributed by atoms with Crippen LogP contribution < -0.4 is 0 Å². The molecule has 0 N–H and O–H groups in total. The van der Waals surface area contributed by atoms with Gasteiger partial charge in [0.2, 0.25) is 6.43 Å².